The van der Waals surface area contributed by atoms with Gasteiger partial charge in [-0.1, -0.05) is 53.9 Å². The fraction of sp³-hybridized carbons (Fsp3) is 0.0741. The first kappa shape index (κ1) is 19.5. The zero-order valence-corrected chi connectivity index (χ0v) is 19.5. The van der Waals surface area contributed by atoms with Crippen LogP contribution in [0.4, 0.5) is 28.4 Å². The number of anilines is 4. The van der Waals surface area contributed by atoms with Gasteiger partial charge < -0.3 is 9.80 Å². The minimum atomic E-state index is 0.967. The average Bonchev–Trinajstić information content (AvgIpc) is 2.83. The summed E-state index contributed by atoms with van der Waals surface area (Å²) in [5, 5.41) is 0. The molecule has 4 aromatic carbocycles. The van der Waals surface area contributed by atoms with E-state index in [0.29, 0.717) is 0 Å². The summed E-state index contributed by atoms with van der Waals surface area (Å²) in [7, 11) is 4.26. The summed E-state index contributed by atoms with van der Waals surface area (Å²) in [5.41, 5.74) is 7.00. The van der Waals surface area contributed by atoms with Gasteiger partial charge in [-0.3, -0.25) is 4.99 Å². The van der Waals surface area contributed by atoms with Gasteiger partial charge in [-0.25, -0.2) is 0 Å². The van der Waals surface area contributed by atoms with E-state index in [1.807, 2.05) is 29.7 Å². The highest BCUT2D eigenvalue weighted by molar-refractivity contribution is 8.00. The van der Waals surface area contributed by atoms with Crippen LogP contribution < -0.4 is 9.80 Å². The summed E-state index contributed by atoms with van der Waals surface area (Å²) in [6, 6.07) is 30.1. The van der Waals surface area contributed by atoms with Crippen LogP contribution in [0, 0.1) is 0 Å². The number of hydrogen-bond donors (Lipinski definition) is 0. The first-order valence-electron chi connectivity index (χ1n) is 10.5. The molecule has 0 aliphatic carbocycles. The highest BCUT2D eigenvalue weighted by atomic mass is 32.2. The second kappa shape index (κ2) is 7.76. The van der Waals surface area contributed by atoms with Gasteiger partial charge in [0.15, 0.2) is 0 Å². The molecule has 32 heavy (non-hydrogen) atoms. The molecule has 5 heteroatoms. The van der Waals surface area contributed by atoms with Crippen LogP contribution in [0.3, 0.4) is 0 Å². The van der Waals surface area contributed by atoms with Crippen LogP contribution in [-0.2, 0) is 0 Å². The van der Waals surface area contributed by atoms with Gasteiger partial charge in [-0.15, -0.1) is 0 Å². The van der Waals surface area contributed by atoms with Crippen LogP contribution in [0.5, 0.6) is 0 Å². The number of hydrogen-bond acceptors (Lipinski definition) is 5. The molecule has 0 unspecified atom stereocenters. The first-order valence-corrected chi connectivity index (χ1v) is 12.1. The summed E-state index contributed by atoms with van der Waals surface area (Å²) in [6.07, 6.45) is 1.96. The van der Waals surface area contributed by atoms with Crippen LogP contribution in [0.25, 0.3) is 0 Å². The Morgan fingerprint density at radius 3 is 1.94 bits per heavy atom. The highest BCUT2D eigenvalue weighted by Gasteiger charge is 2.21. The molecule has 0 fully saturated rings. The maximum absolute atomic E-state index is 4.80. The molecule has 0 amide bonds. The van der Waals surface area contributed by atoms with E-state index in [1.165, 1.54) is 42.3 Å². The van der Waals surface area contributed by atoms with Crippen molar-refractivity contribution in [3.05, 3.63) is 90.5 Å². The molecule has 4 aromatic rings. The Morgan fingerprint density at radius 2 is 1.19 bits per heavy atom. The van der Waals surface area contributed by atoms with Crippen LogP contribution >= 0.6 is 23.5 Å². The van der Waals surface area contributed by atoms with E-state index in [-0.39, 0.29) is 0 Å². The van der Waals surface area contributed by atoms with Crippen molar-refractivity contribution in [2.24, 2.45) is 4.99 Å². The smallest absolute Gasteiger partial charge is 0.0642 e. The fourth-order valence-corrected chi connectivity index (χ4v) is 6.50. The normalized spacial score (nSPS) is 14.1. The second-order valence-electron chi connectivity index (χ2n) is 7.89. The van der Waals surface area contributed by atoms with E-state index in [0.717, 1.165) is 11.3 Å². The van der Waals surface area contributed by atoms with Gasteiger partial charge in [0, 0.05) is 39.9 Å². The molecule has 156 valence electrons. The van der Waals surface area contributed by atoms with Crippen molar-refractivity contribution in [3.63, 3.8) is 0 Å². The van der Waals surface area contributed by atoms with E-state index in [9.17, 15) is 0 Å². The van der Waals surface area contributed by atoms with Gasteiger partial charge >= 0.3 is 0 Å². The van der Waals surface area contributed by atoms with E-state index in [4.69, 9.17) is 4.99 Å². The van der Waals surface area contributed by atoms with E-state index in [2.05, 4.69) is 109 Å². The molecule has 2 aliphatic rings. The zero-order chi connectivity index (χ0) is 21.7. The molecule has 3 nitrogen and oxygen atoms in total. The molecule has 0 atom stereocenters. The Labute approximate surface area is 196 Å². The average molecular weight is 452 g/mol. The molecule has 2 aliphatic heterocycles. The Bertz CT molecular complexity index is 1380. The maximum atomic E-state index is 4.80. The summed E-state index contributed by atoms with van der Waals surface area (Å²) in [5.74, 6) is 0. The predicted octanol–water partition coefficient (Wildman–Crippen LogP) is 7.90. The molecule has 0 spiro atoms. The number of nitrogens with zero attached hydrogens (tertiary/aromatic N) is 3. The van der Waals surface area contributed by atoms with Crippen molar-refractivity contribution in [2.75, 3.05) is 23.9 Å². The molecule has 0 saturated carbocycles. The van der Waals surface area contributed by atoms with Crippen molar-refractivity contribution in [3.8, 4) is 0 Å². The third-order valence-corrected chi connectivity index (χ3v) is 8.15. The predicted molar refractivity (Wildman–Crippen MR) is 137 cm³/mol. The van der Waals surface area contributed by atoms with E-state index in [1.54, 1.807) is 0 Å². The molecular formula is C27H21N3S2. The quantitative estimate of drug-likeness (QED) is 0.288. The van der Waals surface area contributed by atoms with Crippen molar-refractivity contribution in [2.45, 2.75) is 19.6 Å². The summed E-state index contributed by atoms with van der Waals surface area (Å²) in [4.78, 5) is 14.4. The third kappa shape index (κ3) is 3.29. The third-order valence-electron chi connectivity index (χ3n) is 5.90. The van der Waals surface area contributed by atoms with Crippen LogP contribution in [0.2, 0.25) is 0 Å². The maximum Gasteiger partial charge on any atom is 0.0642 e. The number of fused-ring (bicyclic) bond motifs is 4. The number of rotatable bonds is 2. The lowest BCUT2D eigenvalue weighted by Crippen LogP contribution is -2.14. The summed E-state index contributed by atoms with van der Waals surface area (Å²) < 4.78 is 0. The lowest BCUT2D eigenvalue weighted by Gasteiger charge is -2.29. The largest absolute Gasteiger partial charge is 0.343 e. The van der Waals surface area contributed by atoms with Crippen molar-refractivity contribution >= 4 is 58.2 Å². The van der Waals surface area contributed by atoms with Gasteiger partial charge in [0.2, 0.25) is 0 Å². The summed E-state index contributed by atoms with van der Waals surface area (Å²) in [6.45, 7) is 0. The lowest BCUT2D eigenvalue weighted by molar-refractivity contribution is 1.11. The molecular weight excluding hydrogens is 430 g/mol. The standard InChI is InChI=1S/C27H21N3S2/c1-29-20-7-3-6-10-25(20)32-27-16-19(12-13-22(27)29)28-17-18-11-14-26-23(15-18)30(2)21-8-4-5-9-24(21)31-26/h3-17H,1-2H3. The van der Waals surface area contributed by atoms with Crippen LogP contribution in [0.15, 0.2) is 110 Å². The molecule has 0 bridgehead atoms. The van der Waals surface area contributed by atoms with Crippen molar-refractivity contribution in [1.29, 1.82) is 0 Å². The second-order valence-corrected chi connectivity index (χ2v) is 10.1. The Balaban J connectivity index is 1.28. The Morgan fingerprint density at radius 1 is 0.594 bits per heavy atom. The lowest BCUT2D eigenvalue weighted by atomic mass is 10.1. The molecule has 0 saturated heterocycles. The van der Waals surface area contributed by atoms with Crippen molar-refractivity contribution in [1.82, 2.24) is 0 Å². The monoisotopic (exact) mass is 451 g/mol. The number of benzene rings is 4. The zero-order valence-electron chi connectivity index (χ0n) is 17.8. The highest BCUT2D eigenvalue weighted by Crippen LogP contribution is 2.49. The van der Waals surface area contributed by atoms with Gasteiger partial charge in [0.05, 0.1) is 28.4 Å². The van der Waals surface area contributed by atoms with Gasteiger partial charge in [-0.2, -0.15) is 0 Å². The molecule has 0 aromatic heterocycles. The SMILES string of the molecule is CN1c2ccccc2Sc2cc(N=Cc3ccc4c(c3)N(C)c3ccccc3S4)ccc21. The Hall–Kier alpha value is -3.15. The van der Waals surface area contributed by atoms with E-state index < -0.39 is 0 Å². The molecule has 0 radical (unpaired) electrons. The van der Waals surface area contributed by atoms with Gasteiger partial charge in [-0.05, 0) is 60.2 Å². The van der Waals surface area contributed by atoms with Gasteiger partial charge in [0.25, 0.3) is 0 Å². The fourth-order valence-electron chi connectivity index (χ4n) is 4.19. The molecule has 2 heterocycles. The Kier molecular flexibility index (Phi) is 4.74. The van der Waals surface area contributed by atoms with Gasteiger partial charge in [0.1, 0.15) is 0 Å². The molecule has 6 rings (SSSR count). The molecule has 0 N–H and O–H groups in total. The number of aliphatic imine (C=N–C) groups is 1. The minimum Gasteiger partial charge on any atom is -0.343 e. The minimum absolute atomic E-state index is 0.967. The van der Waals surface area contributed by atoms with Crippen LogP contribution in [0.1, 0.15) is 5.56 Å². The van der Waals surface area contributed by atoms with Crippen molar-refractivity contribution < 1.29 is 0 Å². The van der Waals surface area contributed by atoms with Crippen LogP contribution in [-0.4, -0.2) is 20.3 Å². The topological polar surface area (TPSA) is 18.8 Å². The summed E-state index contributed by atoms with van der Waals surface area (Å²) >= 11 is 3.64. The van der Waals surface area contributed by atoms with E-state index >= 15 is 0 Å². The first-order chi connectivity index (χ1) is 15.7. The number of para-hydroxylation sites is 2.